The highest BCUT2D eigenvalue weighted by Crippen LogP contribution is 2.03. The Morgan fingerprint density at radius 3 is 1.85 bits per heavy atom. The van der Waals surface area contributed by atoms with Crippen LogP contribution >= 0.6 is 0 Å². The third-order valence-electron chi connectivity index (χ3n) is 1.23. The third-order valence-corrected chi connectivity index (χ3v) is 1.23. The molecule has 0 aliphatic rings. The van der Waals surface area contributed by atoms with Gasteiger partial charge in [-0.2, -0.15) is 0 Å². The van der Waals surface area contributed by atoms with Crippen LogP contribution in [0, 0.1) is 6.92 Å². The van der Waals surface area contributed by atoms with E-state index in [1.807, 2.05) is 20.8 Å². The number of hydrogen-bond donors (Lipinski definition) is 0. The highest BCUT2D eigenvalue weighted by molar-refractivity contribution is 5.11. The van der Waals surface area contributed by atoms with E-state index in [2.05, 4.69) is 30.5 Å². The molecule has 0 radical (unpaired) electrons. The molecule has 13 heavy (non-hydrogen) atoms. The second-order valence-corrected chi connectivity index (χ2v) is 2.49. The summed E-state index contributed by atoms with van der Waals surface area (Å²) in [6, 6.07) is 0. The third kappa shape index (κ3) is 7.57. The van der Waals surface area contributed by atoms with Gasteiger partial charge in [0.05, 0.1) is 5.69 Å². The fourth-order valence-corrected chi connectivity index (χ4v) is 0.652. The summed E-state index contributed by atoms with van der Waals surface area (Å²) in [6.45, 7) is 12.3. The van der Waals surface area contributed by atoms with Crippen LogP contribution in [0.5, 0.6) is 0 Å². The van der Waals surface area contributed by atoms with Crippen molar-refractivity contribution in [3.63, 3.8) is 0 Å². The van der Waals surface area contributed by atoms with Crippen LogP contribution in [0.2, 0.25) is 0 Å². The summed E-state index contributed by atoms with van der Waals surface area (Å²) in [5.41, 5.74) is 2.21. The standard InChI is InChI=1S/C6H9NO.C3H8.C2H6/c1-3-6-4-8-7-5(6)2;1-3-2;1-2/h4H,3H2,1-2H3;3H2,1-2H3;1-2H3. The summed E-state index contributed by atoms with van der Waals surface area (Å²) in [5.74, 6) is 0. The smallest absolute Gasteiger partial charge is 0.127 e. The topological polar surface area (TPSA) is 26.0 Å². The minimum atomic E-state index is 1.01. The fourth-order valence-electron chi connectivity index (χ4n) is 0.652. The molecular formula is C11H23NO. The van der Waals surface area contributed by atoms with Crippen LogP contribution in [-0.4, -0.2) is 5.16 Å². The van der Waals surface area contributed by atoms with Gasteiger partial charge in [-0.3, -0.25) is 0 Å². The van der Waals surface area contributed by atoms with Gasteiger partial charge >= 0.3 is 0 Å². The van der Waals surface area contributed by atoms with E-state index >= 15 is 0 Å². The Labute approximate surface area is 82.3 Å². The zero-order chi connectivity index (χ0) is 10.7. The molecule has 0 aliphatic heterocycles. The first-order chi connectivity index (χ1) is 6.26. The summed E-state index contributed by atoms with van der Waals surface area (Å²) in [4.78, 5) is 0. The number of aromatic nitrogens is 1. The molecule has 0 bridgehead atoms. The molecule has 0 aliphatic carbocycles. The average Bonchev–Trinajstić information content (AvgIpc) is 2.56. The monoisotopic (exact) mass is 185 g/mol. The van der Waals surface area contributed by atoms with Crippen molar-refractivity contribution in [1.82, 2.24) is 5.16 Å². The van der Waals surface area contributed by atoms with Gasteiger partial charge in [0.25, 0.3) is 0 Å². The highest BCUT2D eigenvalue weighted by atomic mass is 16.5. The van der Waals surface area contributed by atoms with Crippen LogP contribution in [0.15, 0.2) is 10.8 Å². The van der Waals surface area contributed by atoms with Gasteiger partial charge in [0, 0.05) is 5.56 Å². The predicted molar refractivity (Wildman–Crippen MR) is 57.9 cm³/mol. The molecule has 78 valence electrons. The Kier molecular flexibility index (Phi) is 12.7. The van der Waals surface area contributed by atoms with Crippen molar-refractivity contribution >= 4 is 0 Å². The summed E-state index contributed by atoms with van der Waals surface area (Å²) in [6.07, 6.45) is 3.95. The van der Waals surface area contributed by atoms with Crippen molar-refractivity contribution in [3.8, 4) is 0 Å². The Bertz CT molecular complexity index is 182. The molecule has 1 heterocycles. The van der Waals surface area contributed by atoms with Crippen LogP contribution in [0.1, 0.15) is 52.3 Å². The summed E-state index contributed by atoms with van der Waals surface area (Å²) in [7, 11) is 0. The molecule has 2 nitrogen and oxygen atoms in total. The summed E-state index contributed by atoms with van der Waals surface area (Å²) >= 11 is 0. The lowest BCUT2D eigenvalue weighted by Gasteiger charge is -1.82. The maximum Gasteiger partial charge on any atom is 0.127 e. The minimum Gasteiger partial charge on any atom is -0.364 e. The Morgan fingerprint density at radius 1 is 1.23 bits per heavy atom. The van der Waals surface area contributed by atoms with Crippen LogP contribution in [-0.2, 0) is 6.42 Å². The maximum atomic E-state index is 4.69. The van der Waals surface area contributed by atoms with Crippen molar-refractivity contribution in [1.29, 1.82) is 0 Å². The number of rotatable bonds is 1. The molecule has 0 aromatic carbocycles. The van der Waals surface area contributed by atoms with Gasteiger partial charge in [0.1, 0.15) is 6.26 Å². The summed E-state index contributed by atoms with van der Waals surface area (Å²) < 4.78 is 4.69. The van der Waals surface area contributed by atoms with Gasteiger partial charge < -0.3 is 4.52 Å². The van der Waals surface area contributed by atoms with Crippen LogP contribution in [0.4, 0.5) is 0 Å². The van der Waals surface area contributed by atoms with E-state index in [1.54, 1.807) is 6.26 Å². The lowest BCUT2D eigenvalue weighted by Crippen LogP contribution is -1.77. The second-order valence-electron chi connectivity index (χ2n) is 2.49. The normalized spacial score (nSPS) is 7.85. The molecule has 0 N–H and O–H groups in total. The zero-order valence-corrected chi connectivity index (χ0v) is 9.85. The molecule has 0 fully saturated rings. The van der Waals surface area contributed by atoms with Gasteiger partial charge in [0.15, 0.2) is 0 Å². The predicted octanol–water partition coefficient (Wildman–Crippen LogP) is 3.99. The van der Waals surface area contributed by atoms with Crippen LogP contribution in [0.25, 0.3) is 0 Å². The molecule has 0 unspecified atom stereocenters. The average molecular weight is 185 g/mol. The first-order valence-corrected chi connectivity index (χ1v) is 5.16. The quantitative estimate of drug-likeness (QED) is 0.661. The first kappa shape index (κ1) is 14.7. The van der Waals surface area contributed by atoms with Gasteiger partial charge in [-0.15, -0.1) is 0 Å². The second kappa shape index (κ2) is 11.2. The molecule has 1 aromatic heterocycles. The maximum absolute atomic E-state index is 4.69. The van der Waals surface area contributed by atoms with E-state index in [4.69, 9.17) is 0 Å². The molecule has 0 saturated heterocycles. The Balaban J connectivity index is 0. The van der Waals surface area contributed by atoms with Crippen LogP contribution < -0.4 is 0 Å². The van der Waals surface area contributed by atoms with Crippen molar-refractivity contribution < 1.29 is 4.52 Å². The van der Waals surface area contributed by atoms with Gasteiger partial charge in [-0.05, 0) is 13.3 Å². The van der Waals surface area contributed by atoms with Gasteiger partial charge in [0.2, 0.25) is 0 Å². The molecule has 0 saturated carbocycles. The van der Waals surface area contributed by atoms with Crippen LogP contribution in [0.3, 0.4) is 0 Å². The molecule has 0 spiro atoms. The number of nitrogens with zero attached hydrogens (tertiary/aromatic N) is 1. The van der Waals surface area contributed by atoms with E-state index in [0.29, 0.717) is 0 Å². The lowest BCUT2D eigenvalue weighted by atomic mass is 10.2. The molecule has 0 amide bonds. The number of aryl methyl sites for hydroxylation is 2. The first-order valence-electron chi connectivity index (χ1n) is 5.16. The van der Waals surface area contributed by atoms with E-state index < -0.39 is 0 Å². The molecule has 1 aromatic rings. The lowest BCUT2D eigenvalue weighted by molar-refractivity contribution is 0.414. The summed E-state index contributed by atoms with van der Waals surface area (Å²) in [5, 5.41) is 3.71. The van der Waals surface area contributed by atoms with Crippen molar-refractivity contribution in [3.05, 3.63) is 17.5 Å². The highest BCUT2D eigenvalue weighted by Gasteiger charge is 1.96. The SMILES string of the molecule is CC.CCC.CCc1conc1C. The van der Waals surface area contributed by atoms with E-state index in [0.717, 1.165) is 12.1 Å². The van der Waals surface area contributed by atoms with Crippen molar-refractivity contribution in [2.24, 2.45) is 0 Å². The van der Waals surface area contributed by atoms with Crippen molar-refractivity contribution in [2.75, 3.05) is 0 Å². The molecule has 0 atom stereocenters. The minimum absolute atomic E-state index is 1.01. The fraction of sp³-hybridized carbons (Fsp3) is 0.727. The zero-order valence-electron chi connectivity index (χ0n) is 9.85. The Morgan fingerprint density at radius 2 is 1.69 bits per heavy atom. The molecule has 2 heteroatoms. The van der Waals surface area contributed by atoms with Crippen molar-refractivity contribution in [2.45, 2.75) is 54.4 Å². The molecular weight excluding hydrogens is 162 g/mol. The Hall–Kier alpha value is -0.790. The van der Waals surface area contributed by atoms with E-state index in [1.165, 1.54) is 12.0 Å². The van der Waals surface area contributed by atoms with E-state index in [9.17, 15) is 0 Å². The largest absolute Gasteiger partial charge is 0.364 e. The van der Waals surface area contributed by atoms with E-state index in [-0.39, 0.29) is 0 Å². The molecule has 1 rings (SSSR count). The van der Waals surface area contributed by atoms with Gasteiger partial charge in [-0.25, -0.2) is 0 Å². The van der Waals surface area contributed by atoms with Gasteiger partial charge in [-0.1, -0.05) is 46.2 Å². The number of hydrogen-bond acceptors (Lipinski definition) is 2.